The molecule has 4 aromatic heterocycles. The standard InChI is InChI=1S/C19H20N6OS/c1-11-15-12(17-22-18(24-26-17)19(20)7-3-4-8-19)10-13(14-6-5-9-27-14)21-16(15)25(2)23-11/h5-6,9-10H,3-4,7-8,20H2,1-2H3. The number of pyridine rings is 1. The van der Waals surface area contributed by atoms with Gasteiger partial charge in [-0.15, -0.1) is 11.3 Å². The summed E-state index contributed by atoms with van der Waals surface area (Å²) in [4.78, 5) is 10.6. The molecule has 0 bridgehead atoms. The Hall–Kier alpha value is -2.58. The van der Waals surface area contributed by atoms with Gasteiger partial charge in [0, 0.05) is 7.05 Å². The Balaban J connectivity index is 1.71. The Morgan fingerprint density at radius 2 is 2.07 bits per heavy atom. The van der Waals surface area contributed by atoms with Gasteiger partial charge < -0.3 is 10.3 Å². The highest BCUT2D eigenvalue weighted by Gasteiger charge is 2.36. The second-order valence-electron chi connectivity index (χ2n) is 7.23. The fourth-order valence-electron chi connectivity index (χ4n) is 3.93. The molecule has 5 rings (SSSR count). The van der Waals surface area contributed by atoms with Crippen molar-refractivity contribution in [2.24, 2.45) is 12.8 Å². The third-order valence-electron chi connectivity index (χ3n) is 5.34. The monoisotopic (exact) mass is 380 g/mol. The highest BCUT2D eigenvalue weighted by atomic mass is 32.1. The van der Waals surface area contributed by atoms with E-state index in [-0.39, 0.29) is 0 Å². The number of hydrogen-bond donors (Lipinski definition) is 1. The summed E-state index contributed by atoms with van der Waals surface area (Å²) < 4.78 is 7.47. The lowest BCUT2D eigenvalue weighted by Gasteiger charge is -2.17. The number of hydrogen-bond acceptors (Lipinski definition) is 7. The lowest BCUT2D eigenvalue weighted by atomic mass is 9.98. The van der Waals surface area contributed by atoms with Gasteiger partial charge in [-0.3, -0.25) is 4.68 Å². The molecule has 138 valence electrons. The number of aryl methyl sites for hydroxylation is 2. The minimum absolute atomic E-state index is 0.475. The minimum Gasteiger partial charge on any atom is -0.334 e. The van der Waals surface area contributed by atoms with Gasteiger partial charge in [0.1, 0.15) is 0 Å². The summed E-state index contributed by atoms with van der Waals surface area (Å²) in [6.07, 6.45) is 3.99. The van der Waals surface area contributed by atoms with Crippen LogP contribution in [0.2, 0.25) is 0 Å². The van der Waals surface area contributed by atoms with E-state index in [1.54, 1.807) is 16.0 Å². The van der Waals surface area contributed by atoms with Crippen molar-refractivity contribution in [1.82, 2.24) is 24.9 Å². The van der Waals surface area contributed by atoms with E-state index in [1.807, 2.05) is 31.5 Å². The highest BCUT2D eigenvalue weighted by Crippen LogP contribution is 2.38. The highest BCUT2D eigenvalue weighted by molar-refractivity contribution is 7.13. The molecule has 8 heteroatoms. The summed E-state index contributed by atoms with van der Waals surface area (Å²) in [5.74, 6) is 1.07. The zero-order valence-electron chi connectivity index (χ0n) is 15.3. The van der Waals surface area contributed by atoms with Crippen molar-refractivity contribution in [3.8, 4) is 22.0 Å². The summed E-state index contributed by atoms with van der Waals surface area (Å²) >= 11 is 1.65. The maximum atomic E-state index is 6.51. The Bertz CT molecular complexity index is 1120. The molecule has 4 heterocycles. The van der Waals surface area contributed by atoms with Crippen LogP contribution in [0.3, 0.4) is 0 Å². The summed E-state index contributed by atoms with van der Waals surface area (Å²) in [6, 6.07) is 6.08. The van der Waals surface area contributed by atoms with Gasteiger partial charge in [0.05, 0.1) is 32.8 Å². The molecule has 0 spiro atoms. The summed E-state index contributed by atoms with van der Waals surface area (Å²) in [6.45, 7) is 1.97. The van der Waals surface area contributed by atoms with Gasteiger partial charge in [-0.2, -0.15) is 10.1 Å². The van der Waals surface area contributed by atoms with E-state index in [0.717, 1.165) is 58.5 Å². The van der Waals surface area contributed by atoms with E-state index in [0.29, 0.717) is 11.7 Å². The predicted molar refractivity (Wildman–Crippen MR) is 104 cm³/mol. The Labute approximate surface area is 160 Å². The number of aromatic nitrogens is 5. The average molecular weight is 380 g/mol. The number of nitrogens with zero attached hydrogens (tertiary/aromatic N) is 5. The van der Waals surface area contributed by atoms with E-state index in [9.17, 15) is 0 Å². The van der Waals surface area contributed by atoms with Gasteiger partial charge in [-0.05, 0) is 37.3 Å². The van der Waals surface area contributed by atoms with Crippen LogP contribution in [0, 0.1) is 6.92 Å². The number of thiophene rings is 1. The molecule has 1 fully saturated rings. The molecule has 1 aliphatic carbocycles. The smallest absolute Gasteiger partial charge is 0.258 e. The first-order valence-electron chi connectivity index (χ1n) is 9.07. The van der Waals surface area contributed by atoms with Crippen LogP contribution in [0.15, 0.2) is 28.1 Å². The third-order valence-corrected chi connectivity index (χ3v) is 6.23. The van der Waals surface area contributed by atoms with Gasteiger partial charge in [0.25, 0.3) is 5.89 Å². The zero-order valence-corrected chi connectivity index (χ0v) is 16.1. The molecule has 4 aromatic rings. The molecule has 7 nitrogen and oxygen atoms in total. The van der Waals surface area contributed by atoms with Gasteiger partial charge in [0.15, 0.2) is 11.5 Å². The van der Waals surface area contributed by atoms with Crippen molar-refractivity contribution in [1.29, 1.82) is 0 Å². The molecule has 0 unspecified atom stereocenters. The molecule has 0 aromatic carbocycles. The number of rotatable bonds is 3. The van der Waals surface area contributed by atoms with Crippen molar-refractivity contribution in [2.75, 3.05) is 0 Å². The molecule has 0 amide bonds. The largest absolute Gasteiger partial charge is 0.334 e. The molecule has 1 aliphatic rings. The normalized spacial score (nSPS) is 16.4. The third kappa shape index (κ3) is 2.59. The van der Waals surface area contributed by atoms with Crippen LogP contribution < -0.4 is 5.73 Å². The molecule has 0 aliphatic heterocycles. The maximum Gasteiger partial charge on any atom is 0.258 e. The zero-order chi connectivity index (χ0) is 18.6. The molecular formula is C19H20N6OS. The van der Waals surface area contributed by atoms with Crippen molar-refractivity contribution in [2.45, 2.75) is 38.1 Å². The molecule has 1 saturated carbocycles. The van der Waals surface area contributed by atoms with Crippen LogP contribution in [0.1, 0.15) is 37.2 Å². The van der Waals surface area contributed by atoms with Gasteiger partial charge in [-0.25, -0.2) is 4.98 Å². The number of fused-ring (bicyclic) bond motifs is 1. The molecule has 27 heavy (non-hydrogen) atoms. The Morgan fingerprint density at radius 3 is 2.81 bits per heavy atom. The van der Waals surface area contributed by atoms with E-state index in [4.69, 9.17) is 20.2 Å². The van der Waals surface area contributed by atoms with E-state index < -0.39 is 5.54 Å². The first-order chi connectivity index (χ1) is 13.0. The summed E-state index contributed by atoms with van der Waals surface area (Å²) in [7, 11) is 1.90. The Morgan fingerprint density at radius 1 is 1.26 bits per heavy atom. The lowest BCUT2D eigenvalue weighted by molar-refractivity contribution is 0.373. The summed E-state index contributed by atoms with van der Waals surface area (Å²) in [5, 5.41) is 11.7. The van der Waals surface area contributed by atoms with E-state index in [2.05, 4.69) is 16.3 Å². The number of nitrogens with two attached hydrogens (primary N) is 1. The van der Waals surface area contributed by atoms with Crippen LogP contribution in [-0.2, 0) is 12.6 Å². The van der Waals surface area contributed by atoms with Crippen LogP contribution >= 0.6 is 11.3 Å². The first kappa shape index (κ1) is 16.6. The topological polar surface area (TPSA) is 95.7 Å². The van der Waals surface area contributed by atoms with Gasteiger partial charge in [0.2, 0.25) is 0 Å². The Kier molecular flexibility index (Phi) is 3.66. The minimum atomic E-state index is -0.478. The SMILES string of the molecule is Cc1nn(C)c2nc(-c3cccs3)cc(-c3nc(C4(N)CCCC4)no3)c12. The van der Waals surface area contributed by atoms with Crippen LogP contribution in [0.5, 0.6) is 0 Å². The lowest BCUT2D eigenvalue weighted by Crippen LogP contribution is -2.34. The predicted octanol–water partition coefficient (Wildman–Crippen LogP) is 3.78. The van der Waals surface area contributed by atoms with Crippen LogP contribution in [0.4, 0.5) is 0 Å². The second-order valence-corrected chi connectivity index (χ2v) is 8.17. The van der Waals surface area contributed by atoms with Crippen LogP contribution in [0.25, 0.3) is 33.1 Å². The van der Waals surface area contributed by atoms with Gasteiger partial charge >= 0.3 is 0 Å². The van der Waals surface area contributed by atoms with Crippen LogP contribution in [-0.4, -0.2) is 24.9 Å². The average Bonchev–Trinajstić information content (AvgIpc) is 3.42. The quantitative estimate of drug-likeness (QED) is 0.581. The second kappa shape index (κ2) is 5.97. The maximum absolute atomic E-state index is 6.51. The van der Waals surface area contributed by atoms with Crippen molar-refractivity contribution < 1.29 is 4.52 Å². The van der Waals surface area contributed by atoms with Crippen molar-refractivity contribution in [3.63, 3.8) is 0 Å². The molecular weight excluding hydrogens is 360 g/mol. The summed E-state index contributed by atoms with van der Waals surface area (Å²) in [5.41, 5.74) is 9.45. The van der Waals surface area contributed by atoms with Gasteiger partial charge in [-0.1, -0.05) is 24.1 Å². The van der Waals surface area contributed by atoms with E-state index in [1.165, 1.54) is 0 Å². The fourth-order valence-corrected chi connectivity index (χ4v) is 4.61. The first-order valence-corrected chi connectivity index (χ1v) is 9.95. The van der Waals surface area contributed by atoms with Crippen molar-refractivity contribution >= 4 is 22.4 Å². The van der Waals surface area contributed by atoms with Crippen molar-refractivity contribution in [3.05, 3.63) is 35.1 Å². The van der Waals surface area contributed by atoms with E-state index >= 15 is 0 Å². The fraction of sp³-hybridized carbons (Fsp3) is 0.368. The molecule has 2 N–H and O–H groups in total. The molecule has 0 atom stereocenters. The molecule has 0 radical (unpaired) electrons. The molecule has 0 saturated heterocycles.